The molecule has 5 atom stereocenters. The van der Waals surface area contributed by atoms with Crippen LogP contribution in [-0.4, -0.2) is 59.4 Å². The average molecular weight is 295 g/mol. The zero-order valence-electron chi connectivity index (χ0n) is 13.9. The zero-order chi connectivity index (χ0) is 15.7. The number of likely N-dealkylation sites (tertiary alicyclic amines) is 1. The fourth-order valence-corrected chi connectivity index (χ4v) is 3.45. The summed E-state index contributed by atoms with van der Waals surface area (Å²) in [5, 5.41) is 2.92. The van der Waals surface area contributed by atoms with Crippen molar-refractivity contribution in [3.05, 3.63) is 0 Å². The van der Waals surface area contributed by atoms with Crippen molar-refractivity contribution < 1.29 is 9.59 Å². The molecule has 2 rings (SSSR count). The van der Waals surface area contributed by atoms with Gasteiger partial charge in [0.15, 0.2) is 0 Å². The van der Waals surface area contributed by atoms with Gasteiger partial charge in [-0.05, 0) is 39.7 Å². The molecule has 0 aromatic heterocycles. The van der Waals surface area contributed by atoms with E-state index in [0.29, 0.717) is 6.04 Å². The predicted octanol–water partition coefficient (Wildman–Crippen LogP) is 1.23. The Labute approximate surface area is 128 Å². The predicted molar refractivity (Wildman–Crippen MR) is 82.8 cm³/mol. The molecule has 5 nitrogen and oxygen atoms in total. The van der Waals surface area contributed by atoms with Crippen LogP contribution >= 0.6 is 0 Å². The summed E-state index contributed by atoms with van der Waals surface area (Å²) in [7, 11) is 2.12. The summed E-state index contributed by atoms with van der Waals surface area (Å²) in [6, 6.07) is -0.0563. The highest BCUT2D eigenvalue weighted by molar-refractivity contribution is 5.97. The maximum atomic E-state index is 12.9. The first-order chi connectivity index (χ1) is 9.86. The Balaban J connectivity index is 2.19. The van der Waals surface area contributed by atoms with Gasteiger partial charge in [-0.25, -0.2) is 0 Å². The second kappa shape index (κ2) is 6.34. The molecule has 1 N–H and O–H groups in total. The number of piperazine rings is 1. The highest BCUT2D eigenvalue weighted by Gasteiger charge is 2.44. The van der Waals surface area contributed by atoms with Crippen LogP contribution in [0.1, 0.15) is 47.0 Å². The molecule has 2 heterocycles. The Hall–Kier alpha value is -1.10. The lowest BCUT2D eigenvalue weighted by atomic mass is 9.90. The SMILES string of the molecule is CCC(C)C1NC(=O)C(C)N(C2CCN(C)C(C)C2)C1=O. The van der Waals surface area contributed by atoms with E-state index in [-0.39, 0.29) is 35.9 Å². The lowest BCUT2D eigenvalue weighted by Gasteiger charge is -2.47. The van der Waals surface area contributed by atoms with Crippen LogP contribution in [-0.2, 0) is 9.59 Å². The van der Waals surface area contributed by atoms with Gasteiger partial charge < -0.3 is 15.1 Å². The van der Waals surface area contributed by atoms with E-state index in [2.05, 4.69) is 31.1 Å². The van der Waals surface area contributed by atoms with Crippen LogP contribution in [0, 0.1) is 5.92 Å². The van der Waals surface area contributed by atoms with E-state index in [9.17, 15) is 9.59 Å². The number of hydrogen-bond acceptors (Lipinski definition) is 3. The first kappa shape index (κ1) is 16.3. The number of piperidine rings is 1. The molecule has 21 heavy (non-hydrogen) atoms. The molecule has 0 spiro atoms. The molecular weight excluding hydrogens is 266 g/mol. The summed E-state index contributed by atoms with van der Waals surface area (Å²) in [5.41, 5.74) is 0. The average Bonchev–Trinajstić information content (AvgIpc) is 2.46. The highest BCUT2D eigenvalue weighted by atomic mass is 16.2. The van der Waals surface area contributed by atoms with Crippen LogP contribution in [0.5, 0.6) is 0 Å². The van der Waals surface area contributed by atoms with Gasteiger partial charge in [-0.1, -0.05) is 20.3 Å². The van der Waals surface area contributed by atoms with Crippen molar-refractivity contribution in [3.8, 4) is 0 Å². The minimum atomic E-state index is -0.353. The normalized spacial score (nSPS) is 36.5. The molecule has 0 bridgehead atoms. The number of carbonyl (C=O) groups is 2. The first-order valence-electron chi connectivity index (χ1n) is 8.19. The van der Waals surface area contributed by atoms with Crippen molar-refractivity contribution >= 4 is 11.8 Å². The summed E-state index contributed by atoms with van der Waals surface area (Å²) < 4.78 is 0. The van der Waals surface area contributed by atoms with E-state index in [0.717, 1.165) is 25.8 Å². The smallest absolute Gasteiger partial charge is 0.246 e. The Bertz CT molecular complexity index is 412. The molecule has 120 valence electrons. The maximum absolute atomic E-state index is 12.9. The Kier molecular flexibility index (Phi) is 4.91. The molecule has 2 aliphatic rings. The molecule has 0 aromatic rings. The molecule has 2 saturated heterocycles. The van der Waals surface area contributed by atoms with E-state index in [1.54, 1.807) is 0 Å². The van der Waals surface area contributed by atoms with Crippen molar-refractivity contribution in [1.29, 1.82) is 0 Å². The number of amides is 2. The van der Waals surface area contributed by atoms with Gasteiger partial charge in [0.25, 0.3) is 0 Å². The molecule has 0 radical (unpaired) electrons. The molecule has 0 aromatic carbocycles. The number of carbonyl (C=O) groups excluding carboxylic acids is 2. The van der Waals surface area contributed by atoms with Crippen LogP contribution in [0.15, 0.2) is 0 Å². The minimum absolute atomic E-state index is 0.00789. The third-order valence-electron chi connectivity index (χ3n) is 5.40. The molecule has 0 saturated carbocycles. The molecule has 2 amide bonds. The zero-order valence-corrected chi connectivity index (χ0v) is 13.9. The van der Waals surface area contributed by atoms with Crippen LogP contribution in [0.25, 0.3) is 0 Å². The largest absolute Gasteiger partial charge is 0.342 e. The summed E-state index contributed by atoms with van der Waals surface area (Å²) in [6.07, 6.45) is 2.80. The fourth-order valence-electron chi connectivity index (χ4n) is 3.45. The van der Waals surface area contributed by atoms with Gasteiger partial charge in [-0.3, -0.25) is 9.59 Å². The van der Waals surface area contributed by atoms with Crippen LogP contribution in [0.3, 0.4) is 0 Å². The molecular formula is C16H29N3O2. The van der Waals surface area contributed by atoms with Crippen molar-refractivity contribution in [3.63, 3.8) is 0 Å². The third-order valence-corrected chi connectivity index (χ3v) is 5.40. The van der Waals surface area contributed by atoms with E-state index >= 15 is 0 Å². The lowest BCUT2D eigenvalue weighted by Crippen LogP contribution is -2.67. The van der Waals surface area contributed by atoms with E-state index < -0.39 is 0 Å². The quantitative estimate of drug-likeness (QED) is 0.852. The number of rotatable bonds is 3. The maximum Gasteiger partial charge on any atom is 0.246 e. The van der Waals surface area contributed by atoms with Gasteiger partial charge in [0.1, 0.15) is 12.1 Å². The molecule has 2 aliphatic heterocycles. The first-order valence-corrected chi connectivity index (χ1v) is 8.19. The van der Waals surface area contributed by atoms with Crippen molar-refractivity contribution in [2.75, 3.05) is 13.6 Å². The van der Waals surface area contributed by atoms with Crippen LogP contribution < -0.4 is 5.32 Å². The van der Waals surface area contributed by atoms with Crippen molar-refractivity contribution in [2.24, 2.45) is 5.92 Å². The van der Waals surface area contributed by atoms with Gasteiger partial charge in [-0.15, -0.1) is 0 Å². The van der Waals surface area contributed by atoms with Crippen LogP contribution in [0.2, 0.25) is 0 Å². The summed E-state index contributed by atoms with van der Waals surface area (Å²) in [5.74, 6) is 0.282. The summed E-state index contributed by atoms with van der Waals surface area (Å²) in [4.78, 5) is 29.3. The van der Waals surface area contributed by atoms with Gasteiger partial charge >= 0.3 is 0 Å². The number of nitrogens with zero attached hydrogens (tertiary/aromatic N) is 2. The fraction of sp³-hybridized carbons (Fsp3) is 0.875. The van der Waals surface area contributed by atoms with E-state index in [1.165, 1.54) is 0 Å². The monoisotopic (exact) mass is 295 g/mol. The standard InChI is InChI=1S/C16H29N3O2/c1-6-10(2)14-16(21)19(12(4)15(20)17-14)13-7-8-18(5)11(3)9-13/h10-14H,6-9H2,1-5H3,(H,17,20). The van der Waals surface area contributed by atoms with Gasteiger partial charge in [0.2, 0.25) is 11.8 Å². The number of hydrogen-bond donors (Lipinski definition) is 1. The van der Waals surface area contributed by atoms with E-state index in [4.69, 9.17) is 0 Å². The third kappa shape index (κ3) is 3.07. The summed E-state index contributed by atoms with van der Waals surface area (Å²) in [6.45, 7) is 9.12. The van der Waals surface area contributed by atoms with Crippen LogP contribution in [0.4, 0.5) is 0 Å². The second-order valence-corrected chi connectivity index (χ2v) is 6.80. The topological polar surface area (TPSA) is 52.7 Å². The molecule has 5 heteroatoms. The minimum Gasteiger partial charge on any atom is -0.342 e. The van der Waals surface area contributed by atoms with Crippen molar-refractivity contribution in [2.45, 2.75) is 71.1 Å². The Morgan fingerprint density at radius 2 is 2.00 bits per heavy atom. The molecule has 5 unspecified atom stereocenters. The Morgan fingerprint density at radius 1 is 1.33 bits per heavy atom. The lowest BCUT2D eigenvalue weighted by molar-refractivity contribution is -0.154. The van der Waals surface area contributed by atoms with Gasteiger partial charge in [-0.2, -0.15) is 0 Å². The van der Waals surface area contributed by atoms with Crippen molar-refractivity contribution in [1.82, 2.24) is 15.1 Å². The molecule has 2 fully saturated rings. The Morgan fingerprint density at radius 3 is 2.57 bits per heavy atom. The summed E-state index contributed by atoms with van der Waals surface area (Å²) >= 11 is 0. The molecule has 0 aliphatic carbocycles. The highest BCUT2D eigenvalue weighted by Crippen LogP contribution is 2.27. The van der Waals surface area contributed by atoms with Gasteiger partial charge in [0.05, 0.1) is 0 Å². The number of nitrogens with one attached hydrogen (secondary N) is 1. The van der Waals surface area contributed by atoms with Gasteiger partial charge in [0, 0.05) is 18.6 Å². The van der Waals surface area contributed by atoms with E-state index in [1.807, 2.05) is 18.7 Å². The second-order valence-electron chi connectivity index (χ2n) is 6.80.